The van der Waals surface area contributed by atoms with Crippen molar-refractivity contribution in [2.24, 2.45) is 0 Å². The first-order chi connectivity index (χ1) is 15.0. The van der Waals surface area contributed by atoms with E-state index in [1.807, 2.05) is 0 Å². The van der Waals surface area contributed by atoms with Crippen LogP contribution in [0.2, 0.25) is 0 Å². The quantitative estimate of drug-likeness (QED) is 0.690. The van der Waals surface area contributed by atoms with Crippen LogP contribution >= 0.6 is 0 Å². The van der Waals surface area contributed by atoms with Gasteiger partial charge < -0.3 is 24.1 Å². The molecule has 32 heavy (non-hydrogen) atoms. The SMILES string of the molecule is COC(=O)c1ccc2c(O[C@@H]3C[C@@H](C(=O)O)N(C(=O)OC(C)(C)C)C3)cc(OC)cc2n1. The van der Waals surface area contributed by atoms with Crippen LogP contribution in [0, 0.1) is 0 Å². The number of ether oxygens (including phenoxy) is 4. The number of carbonyl (C=O) groups is 3. The number of aliphatic carboxylic acids is 1. The number of hydrogen-bond acceptors (Lipinski definition) is 8. The first kappa shape index (κ1) is 23.1. The Kier molecular flexibility index (Phi) is 6.42. The monoisotopic (exact) mass is 446 g/mol. The van der Waals surface area contributed by atoms with Gasteiger partial charge in [-0.25, -0.2) is 19.4 Å². The first-order valence-corrected chi connectivity index (χ1v) is 9.98. The zero-order valence-electron chi connectivity index (χ0n) is 18.6. The number of hydrogen-bond donors (Lipinski definition) is 1. The summed E-state index contributed by atoms with van der Waals surface area (Å²) in [7, 11) is 2.75. The molecular formula is C22H26N2O8. The highest BCUT2D eigenvalue weighted by atomic mass is 16.6. The number of aromatic nitrogens is 1. The molecule has 2 heterocycles. The second-order valence-corrected chi connectivity index (χ2v) is 8.34. The van der Waals surface area contributed by atoms with Crippen molar-refractivity contribution in [3.05, 3.63) is 30.0 Å². The lowest BCUT2D eigenvalue weighted by atomic mass is 10.1. The van der Waals surface area contributed by atoms with Crippen LogP contribution in [0.15, 0.2) is 24.3 Å². The smallest absolute Gasteiger partial charge is 0.411 e. The van der Waals surface area contributed by atoms with Crippen LogP contribution in [-0.4, -0.2) is 71.5 Å². The van der Waals surface area contributed by atoms with Gasteiger partial charge >= 0.3 is 18.0 Å². The van der Waals surface area contributed by atoms with Crippen molar-refractivity contribution in [1.82, 2.24) is 9.88 Å². The Labute approximate surface area is 185 Å². The Bertz CT molecular complexity index is 1050. The summed E-state index contributed by atoms with van der Waals surface area (Å²) in [5.41, 5.74) is -0.188. The van der Waals surface area contributed by atoms with Gasteiger partial charge in [0.2, 0.25) is 0 Å². The molecule has 1 saturated heterocycles. The molecule has 0 bridgehead atoms. The van der Waals surface area contributed by atoms with E-state index in [0.717, 1.165) is 4.90 Å². The lowest BCUT2D eigenvalue weighted by Gasteiger charge is -2.26. The van der Waals surface area contributed by atoms with Crippen molar-refractivity contribution in [3.63, 3.8) is 0 Å². The molecule has 2 aromatic rings. The fourth-order valence-corrected chi connectivity index (χ4v) is 3.43. The van der Waals surface area contributed by atoms with Gasteiger partial charge in [0.05, 0.1) is 26.3 Å². The van der Waals surface area contributed by atoms with E-state index in [2.05, 4.69) is 4.98 Å². The molecule has 1 aromatic heterocycles. The van der Waals surface area contributed by atoms with Crippen molar-refractivity contribution in [2.75, 3.05) is 20.8 Å². The van der Waals surface area contributed by atoms with Crippen molar-refractivity contribution < 1.29 is 38.4 Å². The third-order valence-electron chi connectivity index (χ3n) is 4.84. The number of likely N-dealkylation sites (tertiary alicyclic amines) is 1. The fraction of sp³-hybridized carbons (Fsp3) is 0.455. The normalized spacial score (nSPS) is 18.3. The number of pyridine rings is 1. The number of benzene rings is 1. The fourth-order valence-electron chi connectivity index (χ4n) is 3.43. The highest BCUT2D eigenvalue weighted by molar-refractivity contribution is 5.93. The van der Waals surface area contributed by atoms with E-state index in [4.69, 9.17) is 18.9 Å². The second kappa shape index (κ2) is 8.89. The van der Waals surface area contributed by atoms with Crippen LogP contribution in [0.4, 0.5) is 4.79 Å². The maximum atomic E-state index is 12.5. The molecule has 1 N–H and O–H groups in total. The van der Waals surface area contributed by atoms with Crippen LogP contribution in [-0.2, 0) is 14.3 Å². The second-order valence-electron chi connectivity index (χ2n) is 8.34. The Morgan fingerprint density at radius 2 is 1.88 bits per heavy atom. The summed E-state index contributed by atoms with van der Waals surface area (Å²) in [6.45, 7) is 5.17. The van der Waals surface area contributed by atoms with Gasteiger partial charge in [-0.1, -0.05) is 0 Å². The van der Waals surface area contributed by atoms with Crippen molar-refractivity contribution in [2.45, 2.75) is 44.9 Å². The number of carboxylic acid groups (broad SMARTS) is 1. The molecule has 3 rings (SSSR count). The topological polar surface area (TPSA) is 124 Å². The van der Waals surface area contributed by atoms with Crippen LogP contribution in [0.5, 0.6) is 11.5 Å². The van der Waals surface area contributed by atoms with E-state index in [1.54, 1.807) is 39.0 Å². The Morgan fingerprint density at radius 3 is 2.47 bits per heavy atom. The molecule has 1 fully saturated rings. The molecular weight excluding hydrogens is 420 g/mol. The molecule has 0 radical (unpaired) electrons. The van der Waals surface area contributed by atoms with Gasteiger partial charge in [-0.2, -0.15) is 0 Å². The minimum absolute atomic E-state index is 0.0399. The first-order valence-electron chi connectivity index (χ1n) is 9.98. The molecule has 2 atom stereocenters. The van der Waals surface area contributed by atoms with Crippen molar-refractivity contribution >= 4 is 28.9 Å². The number of methoxy groups -OCH3 is 2. The summed E-state index contributed by atoms with van der Waals surface area (Å²) in [4.78, 5) is 41.6. The van der Waals surface area contributed by atoms with Crippen molar-refractivity contribution in [1.29, 1.82) is 0 Å². The minimum Gasteiger partial charge on any atom is -0.497 e. The van der Waals surface area contributed by atoms with Gasteiger partial charge in [-0.15, -0.1) is 0 Å². The van der Waals surface area contributed by atoms with Gasteiger partial charge in [0.1, 0.15) is 34.9 Å². The van der Waals surface area contributed by atoms with Crippen LogP contribution < -0.4 is 9.47 Å². The number of nitrogens with zero attached hydrogens (tertiary/aromatic N) is 2. The maximum absolute atomic E-state index is 12.5. The summed E-state index contributed by atoms with van der Waals surface area (Å²) >= 11 is 0. The molecule has 1 aromatic carbocycles. The van der Waals surface area contributed by atoms with E-state index in [9.17, 15) is 19.5 Å². The molecule has 1 aliphatic rings. The number of fused-ring (bicyclic) bond motifs is 1. The summed E-state index contributed by atoms with van der Waals surface area (Å²) in [5.74, 6) is -0.880. The maximum Gasteiger partial charge on any atom is 0.411 e. The molecule has 1 amide bonds. The van der Waals surface area contributed by atoms with Gasteiger partial charge in [0.15, 0.2) is 0 Å². The predicted molar refractivity (Wildman–Crippen MR) is 113 cm³/mol. The molecule has 10 nitrogen and oxygen atoms in total. The molecule has 1 aliphatic heterocycles. The van der Waals surface area contributed by atoms with Gasteiger partial charge in [-0.05, 0) is 32.9 Å². The van der Waals surface area contributed by atoms with Crippen molar-refractivity contribution in [3.8, 4) is 11.5 Å². The lowest BCUT2D eigenvalue weighted by molar-refractivity contribution is -0.142. The Morgan fingerprint density at radius 1 is 1.16 bits per heavy atom. The van der Waals surface area contributed by atoms with Gasteiger partial charge in [0.25, 0.3) is 0 Å². The average Bonchev–Trinajstić information content (AvgIpc) is 3.15. The molecule has 0 aliphatic carbocycles. The number of carboxylic acids is 1. The number of amides is 1. The third kappa shape index (κ3) is 5.01. The molecule has 0 saturated carbocycles. The number of carbonyl (C=O) groups excluding carboxylic acids is 2. The van der Waals surface area contributed by atoms with Gasteiger partial charge in [-0.3, -0.25) is 4.90 Å². The molecule has 172 valence electrons. The minimum atomic E-state index is -1.14. The van der Waals surface area contributed by atoms with E-state index in [-0.39, 0.29) is 18.7 Å². The van der Waals surface area contributed by atoms with Crippen LogP contribution in [0.3, 0.4) is 0 Å². The number of esters is 1. The van der Waals surface area contributed by atoms with E-state index in [1.165, 1.54) is 20.3 Å². The largest absolute Gasteiger partial charge is 0.497 e. The zero-order valence-corrected chi connectivity index (χ0v) is 18.6. The Balaban J connectivity index is 1.90. The van der Waals surface area contributed by atoms with E-state index >= 15 is 0 Å². The lowest BCUT2D eigenvalue weighted by Crippen LogP contribution is -2.43. The molecule has 0 spiro atoms. The van der Waals surface area contributed by atoms with Crippen LogP contribution in [0.1, 0.15) is 37.7 Å². The summed E-state index contributed by atoms with van der Waals surface area (Å²) in [6.07, 6.45) is -1.23. The average molecular weight is 446 g/mol. The highest BCUT2D eigenvalue weighted by Crippen LogP contribution is 2.33. The zero-order chi connectivity index (χ0) is 23.6. The molecule has 10 heteroatoms. The third-order valence-corrected chi connectivity index (χ3v) is 4.84. The Hall–Kier alpha value is -3.56. The van der Waals surface area contributed by atoms with E-state index < -0.39 is 35.8 Å². The standard InChI is InChI=1S/C22H26N2O8/c1-22(2,3)32-21(28)24-11-13(9-17(24)19(25)26)31-18-10-12(29-4)8-16-14(18)6-7-15(23-16)20(27)30-5/h6-8,10,13,17H,9,11H2,1-5H3,(H,25,26)/t13-,17+/m1/s1. The predicted octanol–water partition coefficient (Wildman–Crippen LogP) is 2.87. The van der Waals surface area contributed by atoms with Crippen LogP contribution in [0.25, 0.3) is 10.9 Å². The summed E-state index contributed by atoms with van der Waals surface area (Å²) < 4.78 is 21.5. The molecule has 0 unspecified atom stereocenters. The highest BCUT2D eigenvalue weighted by Gasteiger charge is 2.42. The van der Waals surface area contributed by atoms with Gasteiger partial charge in [0, 0.05) is 23.9 Å². The summed E-state index contributed by atoms with van der Waals surface area (Å²) in [5, 5.41) is 10.2. The summed E-state index contributed by atoms with van der Waals surface area (Å²) in [6, 6.07) is 5.40. The number of rotatable bonds is 5. The van der Waals surface area contributed by atoms with E-state index in [0.29, 0.717) is 22.4 Å².